The summed E-state index contributed by atoms with van der Waals surface area (Å²) in [5.41, 5.74) is 0. The summed E-state index contributed by atoms with van der Waals surface area (Å²) < 4.78 is 0. The third-order valence-corrected chi connectivity index (χ3v) is 2.79. The van der Waals surface area contributed by atoms with Crippen LogP contribution in [0.2, 0.25) is 0 Å². The first-order valence-electron chi connectivity index (χ1n) is 3.98. The minimum Gasteiger partial charge on any atom is -0.363 e. The van der Waals surface area contributed by atoms with Gasteiger partial charge < -0.3 is 5.11 Å². The molecule has 2 rings (SSSR count). The molecule has 0 aromatic heterocycles. The van der Waals surface area contributed by atoms with Crippen molar-refractivity contribution in [1.82, 2.24) is 0 Å². The highest BCUT2D eigenvalue weighted by Gasteiger charge is 2.56. The quantitative estimate of drug-likeness (QED) is 0.358. The second kappa shape index (κ2) is 2.42. The van der Waals surface area contributed by atoms with E-state index in [1.807, 2.05) is 0 Å². The van der Waals surface area contributed by atoms with E-state index < -0.39 is 5.79 Å². The summed E-state index contributed by atoms with van der Waals surface area (Å²) in [6.45, 7) is 0. The van der Waals surface area contributed by atoms with Crippen LogP contribution in [0.1, 0.15) is 25.7 Å². The molecular weight excluding hydrogens is 148 g/mol. The van der Waals surface area contributed by atoms with Crippen LogP contribution in [0.3, 0.4) is 0 Å². The third kappa shape index (κ3) is 1.16. The van der Waals surface area contributed by atoms with Crippen molar-refractivity contribution in [3.63, 3.8) is 0 Å². The lowest BCUT2D eigenvalue weighted by Gasteiger charge is -2.28. The van der Waals surface area contributed by atoms with Crippen LogP contribution in [0.5, 0.6) is 0 Å². The Hall–Kier alpha value is -0.160. The molecule has 11 heavy (non-hydrogen) atoms. The molecule has 2 N–H and O–H groups in total. The summed E-state index contributed by atoms with van der Waals surface area (Å²) in [5.74, 6) is -0.440. The lowest BCUT2D eigenvalue weighted by Crippen LogP contribution is -2.37. The summed E-state index contributed by atoms with van der Waals surface area (Å²) in [6.07, 6.45) is 3.68. The van der Waals surface area contributed by atoms with E-state index in [0.29, 0.717) is 12.3 Å². The van der Waals surface area contributed by atoms with E-state index in [1.54, 1.807) is 0 Å². The van der Waals surface area contributed by atoms with Crippen molar-refractivity contribution in [2.45, 2.75) is 31.5 Å². The zero-order valence-electron chi connectivity index (χ0n) is 6.19. The van der Waals surface area contributed by atoms with Gasteiger partial charge >= 0.3 is 0 Å². The fraction of sp³-hybridized carbons (Fsp3) is 1.00. The molecule has 4 heteroatoms. The van der Waals surface area contributed by atoms with E-state index in [9.17, 15) is 5.11 Å². The number of hydrogen-bond donors (Lipinski definition) is 2. The van der Waals surface area contributed by atoms with E-state index >= 15 is 0 Å². The summed E-state index contributed by atoms with van der Waals surface area (Å²) in [5, 5.41) is 21.2. The Kier molecular flexibility index (Phi) is 1.64. The molecule has 0 aromatic rings. The summed E-state index contributed by atoms with van der Waals surface area (Å²) in [4.78, 5) is 4.44. The molecule has 0 unspecified atom stereocenters. The standard InChI is InChI=1S/C7H12O4/c8-7(10-11-9)3-1-2-5-4-6(5)7/h5-6,8-9H,1-4H2/t5-,6+,7+/m0/s1. The van der Waals surface area contributed by atoms with Gasteiger partial charge in [0.05, 0.1) is 0 Å². The maximum Gasteiger partial charge on any atom is 0.205 e. The second-order valence-electron chi connectivity index (χ2n) is 3.50. The second-order valence-corrected chi connectivity index (χ2v) is 3.50. The van der Waals surface area contributed by atoms with E-state index in [0.717, 1.165) is 12.8 Å². The van der Waals surface area contributed by atoms with Crippen LogP contribution >= 0.6 is 0 Å². The fourth-order valence-corrected chi connectivity index (χ4v) is 2.09. The minimum absolute atomic E-state index is 0.184. The van der Waals surface area contributed by atoms with Gasteiger partial charge in [0.25, 0.3) is 0 Å². The van der Waals surface area contributed by atoms with Gasteiger partial charge in [0.15, 0.2) is 0 Å². The Labute approximate surface area is 64.6 Å². The van der Waals surface area contributed by atoms with Gasteiger partial charge in [-0.1, -0.05) is 5.04 Å². The van der Waals surface area contributed by atoms with Gasteiger partial charge in [0.1, 0.15) is 0 Å². The zero-order valence-corrected chi connectivity index (χ0v) is 6.19. The summed E-state index contributed by atoms with van der Waals surface area (Å²) in [7, 11) is 0. The molecule has 0 heterocycles. The average Bonchev–Trinajstić information content (AvgIpc) is 2.68. The smallest absolute Gasteiger partial charge is 0.205 e. The maximum absolute atomic E-state index is 9.67. The SMILES string of the molecule is OOO[C@]1(O)CCC[C@H]2C[C@H]21. The van der Waals surface area contributed by atoms with Crippen LogP contribution in [0.25, 0.3) is 0 Å². The van der Waals surface area contributed by atoms with Crippen LogP contribution in [0, 0.1) is 11.8 Å². The van der Waals surface area contributed by atoms with Gasteiger partial charge in [-0.25, -0.2) is 5.26 Å². The highest BCUT2D eigenvalue weighted by Crippen LogP contribution is 2.55. The molecule has 2 fully saturated rings. The molecule has 0 aromatic carbocycles. The predicted octanol–water partition coefficient (Wildman–Crippen LogP) is 0.916. The molecule has 3 atom stereocenters. The van der Waals surface area contributed by atoms with Crippen LogP contribution < -0.4 is 0 Å². The Morgan fingerprint density at radius 2 is 2.27 bits per heavy atom. The molecule has 0 radical (unpaired) electrons. The van der Waals surface area contributed by atoms with Crippen molar-refractivity contribution in [1.29, 1.82) is 0 Å². The zero-order chi connectivity index (χ0) is 7.90. The minimum atomic E-state index is -1.21. The monoisotopic (exact) mass is 160 g/mol. The highest BCUT2D eigenvalue weighted by atomic mass is 17.5. The first-order chi connectivity index (χ1) is 5.26. The van der Waals surface area contributed by atoms with Crippen LogP contribution in [0.4, 0.5) is 0 Å². The molecule has 0 saturated heterocycles. The lowest BCUT2D eigenvalue weighted by atomic mass is 9.94. The van der Waals surface area contributed by atoms with Crippen molar-refractivity contribution in [2.75, 3.05) is 0 Å². The fourth-order valence-electron chi connectivity index (χ4n) is 2.09. The molecule has 2 saturated carbocycles. The topological polar surface area (TPSA) is 58.9 Å². The highest BCUT2D eigenvalue weighted by molar-refractivity contribution is 4.99. The number of aliphatic hydroxyl groups is 1. The van der Waals surface area contributed by atoms with Crippen molar-refractivity contribution < 1.29 is 20.3 Å². The van der Waals surface area contributed by atoms with Gasteiger partial charge in [-0.3, -0.25) is 0 Å². The van der Waals surface area contributed by atoms with Crippen LogP contribution in [-0.2, 0) is 9.93 Å². The van der Waals surface area contributed by atoms with Crippen molar-refractivity contribution in [2.24, 2.45) is 11.8 Å². The van der Waals surface area contributed by atoms with Crippen molar-refractivity contribution in [3.8, 4) is 0 Å². The number of hydrogen-bond acceptors (Lipinski definition) is 4. The molecular formula is C7H12O4. The Balaban J connectivity index is 1.99. The van der Waals surface area contributed by atoms with Crippen LogP contribution in [-0.4, -0.2) is 16.2 Å². The Morgan fingerprint density at radius 3 is 3.00 bits per heavy atom. The van der Waals surface area contributed by atoms with Crippen molar-refractivity contribution in [3.05, 3.63) is 0 Å². The predicted molar refractivity (Wildman–Crippen MR) is 35.2 cm³/mol. The molecule has 2 aliphatic carbocycles. The lowest BCUT2D eigenvalue weighted by molar-refractivity contribution is -0.559. The normalized spacial score (nSPS) is 48.5. The number of fused-ring (bicyclic) bond motifs is 1. The van der Waals surface area contributed by atoms with Gasteiger partial charge in [0, 0.05) is 12.3 Å². The van der Waals surface area contributed by atoms with Gasteiger partial charge in [0.2, 0.25) is 5.79 Å². The first-order valence-corrected chi connectivity index (χ1v) is 3.98. The molecule has 0 bridgehead atoms. The van der Waals surface area contributed by atoms with Gasteiger partial charge in [-0.05, 0) is 25.2 Å². The largest absolute Gasteiger partial charge is 0.363 e. The average molecular weight is 160 g/mol. The van der Waals surface area contributed by atoms with E-state index in [2.05, 4.69) is 9.93 Å². The van der Waals surface area contributed by atoms with Gasteiger partial charge in [-0.15, -0.1) is 0 Å². The van der Waals surface area contributed by atoms with E-state index in [1.165, 1.54) is 6.42 Å². The van der Waals surface area contributed by atoms with Gasteiger partial charge in [-0.2, -0.15) is 4.89 Å². The van der Waals surface area contributed by atoms with E-state index in [-0.39, 0.29) is 5.92 Å². The van der Waals surface area contributed by atoms with Crippen LogP contribution in [0.15, 0.2) is 0 Å². The number of rotatable bonds is 2. The summed E-state index contributed by atoms with van der Waals surface area (Å²) >= 11 is 0. The summed E-state index contributed by atoms with van der Waals surface area (Å²) in [6, 6.07) is 0. The Morgan fingerprint density at radius 1 is 1.45 bits per heavy atom. The van der Waals surface area contributed by atoms with Crippen molar-refractivity contribution >= 4 is 0 Å². The third-order valence-electron chi connectivity index (χ3n) is 2.79. The first kappa shape index (κ1) is 7.49. The van der Waals surface area contributed by atoms with E-state index in [4.69, 9.17) is 5.26 Å². The molecule has 0 amide bonds. The molecule has 0 spiro atoms. The Bertz CT molecular complexity index is 157. The molecule has 0 aliphatic heterocycles. The molecule has 64 valence electrons. The molecule has 2 aliphatic rings. The maximum atomic E-state index is 9.67. The molecule has 4 nitrogen and oxygen atoms in total.